The smallest absolute Gasteiger partial charge is 0.251 e. The Bertz CT molecular complexity index is 1080. The minimum atomic E-state index is -0.337. The second-order valence-corrected chi connectivity index (χ2v) is 7.78. The number of hydrogen-bond donors (Lipinski definition) is 1. The molecule has 3 rings (SSSR count). The quantitative estimate of drug-likeness (QED) is 0.388. The van der Waals surface area contributed by atoms with Gasteiger partial charge in [0.1, 0.15) is 5.82 Å². The van der Waals surface area contributed by atoms with E-state index in [2.05, 4.69) is 30.8 Å². The van der Waals surface area contributed by atoms with Crippen LogP contribution in [0.1, 0.15) is 44.0 Å². The van der Waals surface area contributed by atoms with Crippen LogP contribution in [0.3, 0.4) is 0 Å². The van der Waals surface area contributed by atoms with Crippen LogP contribution < -0.4 is 5.32 Å². The Kier molecular flexibility index (Phi) is 9.69. The van der Waals surface area contributed by atoms with E-state index in [1.54, 1.807) is 60.3 Å². The van der Waals surface area contributed by atoms with Crippen molar-refractivity contribution in [1.82, 2.24) is 15.1 Å². The molecule has 168 valence electrons. The number of carbonyl (C=O) groups is 1. The van der Waals surface area contributed by atoms with E-state index in [-0.39, 0.29) is 18.3 Å². The zero-order chi connectivity index (χ0) is 23.7. The summed E-state index contributed by atoms with van der Waals surface area (Å²) in [4.78, 5) is 12.8. The number of carbonyl (C=O) groups excluding carboxylic acids is 1. The fraction of sp³-hybridized carbons (Fsp3) is 0.200. The van der Waals surface area contributed by atoms with Gasteiger partial charge in [0.2, 0.25) is 0 Å². The van der Waals surface area contributed by atoms with Crippen LogP contribution in [0, 0.1) is 5.82 Å². The molecule has 3 aromatic rings. The molecule has 0 bridgehead atoms. The Morgan fingerprint density at radius 1 is 1.16 bits per heavy atom. The number of rotatable bonds is 6. The van der Waals surface area contributed by atoms with E-state index in [0.717, 1.165) is 5.56 Å². The molecule has 0 unspecified atom stereocenters. The molecule has 1 aromatic heterocycles. The minimum Gasteiger partial charge on any atom is -0.348 e. The summed E-state index contributed by atoms with van der Waals surface area (Å²) >= 11 is 12.0. The molecule has 0 saturated carbocycles. The van der Waals surface area contributed by atoms with Gasteiger partial charge in [-0.3, -0.25) is 4.79 Å². The number of aromatic nitrogens is 2. The van der Waals surface area contributed by atoms with Gasteiger partial charge in [0.25, 0.3) is 5.91 Å². The molecule has 0 aliphatic carbocycles. The molecular formula is C25H26Cl2FN3O. The molecule has 2 aromatic carbocycles. The van der Waals surface area contributed by atoms with Crippen LogP contribution in [0.15, 0.2) is 61.3 Å². The molecule has 1 heterocycles. The van der Waals surface area contributed by atoms with Gasteiger partial charge >= 0.3 is 0 Å². The van der Waals surface area contributed by atoms with Gasteiger partial charge in [-0.2, -0.15) is 5.10 Å². The average molecular weight is 474 g/mol. The van der Waals surface area contributed by atoms with Gasteiger partial charge in [-0.15, -0.1) is 0 Å². The summed E-state index contributed by atoms with van der Waals surface area (Å²) in [6.45, 7) is 10.1. The van der Waals surface area contributed by atoms with Crippen molar-refractivity contribution in [3.05, 3.63) is 94.0 Å². The Morgan fingerprint density at radius 2 is 1.75 bits per heavy atom. The van der Waals surface area contributed by atoms with Crippen LogP contribution in [0.4, 0.5) is 4.39 Å². The lowest BCUT2D eigenvalue weighted by atomic mass is 10.1. The molecule has 0 radical (unpaired) electrons. The van der Waals surface area contributed by atoms with Crippen molar-refractivity contribution in [3.8, 4) is 5.69 Å². The van der Waals surface area contributed by atoms with Gasteiger partial charge in [-0.05, 0) is 61.0 Å². The van der Waals surface area contributed by atoms with Crippen LogP contribution in [0.25, 0.3) is 17.3 Å². The third-order valence-electron chi connectivity index (χ3n) is 4.27. The molecule has 0 spiro atoms. The lowest BCUT2D eigenvalue weighted by molar-refractivity contribution is -0.115. The van der Waals surface area contributed by atoms with Crippen molar-refractivity contribution in [3.63, 3.8) is 0 Å². The zero-order valence-corrected chi connectivity index (χ0v) is 19.8. The predicted octanol–water partition coefficient (Wildman–Crippen LogP) is 7.10. The number of amides is 1. The number of allylic oxidation sites excluding steroid dienone is 1. The summed E-state index contributed by atoms with van der Waals surface area (Å²) in [6.07, 6.45) is 6.16. The third kappa shape index (κ3) is 6.55. The van der Waals surface area contributed by atoms with Crippen molar-refractivity contribution >= 4 is 40.8 Å². The first kappa shape index (κ1) is 25.4. The maximum absolute atomic E-state index is 13.2. The number of hydrogen-bond acceptors (Lipinski definition) is 2. The van der Waals surface area contributed by atoms with Crippen LogP contribution >= 0.6 is 23.2 Å². The molecule has 32 heavy (non-hydrogen) atoms. The van der Waals surface area contributed by atoms with E-state index in [1.807, 2.05) is 0 Å². The highest BCUT2D eigenvalue weighted by Crippen LogP contribution is 2.24. The first-order chi connectivity index (χ1) is 15.3. The van der Waals surface area contributed by atoms with Gasteiger partial charge in [0.15, 0.2) is 0 Å². The van der Waals surface area contributed by atoms with Crippen molar-refractivity contribution in [2.75, 3.05) is 0 Å². The lowest BCUT2D eigenvalue weighted by Gasteiger charge is -2.10. The second-order valence-electron chi connectivity index (χ2n) is 6.91. The van der Waals surface area contributed by atoms with E-state index in [1.165, 1.54) is 18.6 Å². The highest BCUT2D eigenvalue weighted by Gasteiger charge is 2.18. The van der Waals surface area contributed by atoms with Gasteiger partial charge in [0, 0.05) is 27.7 Å². The number of nitrogens with zero attached hydrogens (tertiary/aromatic N) is 2. The van der Waals surface area contributed by atoms with Crippen LogP contribution in [0.2, 0.25) is 10.0 Å². The number of benzene rings is 2. The van der Waals surface area contributed by atoms with E-state index in [0.29, 0.717) is 32.6 Å². The summed E-state index contributed by atoms with van der Waals surface area (Å²) in [7, 11) is 0. The fourth-order valence-corrected chi connectivity index (χ4v) is 3.52. The van der Waals surface area contributed by atoms with E-state index >= 15 is 0 Å². The maximum atomic E-state index is 13.2. The molecule has 4 nitrogen and oxygen atoms in total. The van der Waals surface area contributed by atoms with E-state index in [4.69, 9.17) is 23.2 Å². The first-order valence-corrected chi connectivity index (χ1v) is 11.0. The normalized spacial score (nSPS) is 10.9. The summed E-state index contributed by atoms with van der Waals surface area (Å²) in [5, 5.41) is 8.22. The van der Waals surface area contributed by atoms with Gasteiger partial charge in [-0.1, -0.05) is 56.1 Å². The van der Waals surface area contributed by atoms with Crippen molar-refractivity contribution in [2.45, 2.75) is 33.7 Å². The van der Waals surface area contributed by atoms with Crippen molar-refractivity contribution in [2.24, 2.45) is 0 Å². The largest absolute Gasteiger partial charge is 0.348 e. The molecule has 0 aliphatic heterocycles. The first-order valence-electron chi connectivity index (χ1n) is 10.2. The van der Waals surface area contributed by atoms with Gasteiger partial charge in [-0.25, -0.2) is 9.07 Å². The Hall–Kier alpha value is -2.89. The van der Waals surface area contributed by atoms with Gasteiger partial charge < -0.3 is 5.32 Å². The Morgan fingerprint density at radius 3 is 2.28 bits per heavy atom. The molecule has 0 fully saturated rings. The highest BCUT2D eigenvalue weighted by molar-refractivity contribution is 6.34. The highest BCUT2D eigenvalue weighted by atomic mass is 35.5. The summed E-state index contributed by atoms with van der Waals surface area (Å²) < 4.78 is 14.8. The zero-order valence-electron chi connectivity index (χ0n) is 18.3. The Balaban J connectivity index is 0.00000114. The topological polar surface area (TPSA) is 46.9 Å². The van der Waals surface area contributed by atoms with Crippen molar-refractivity contribution in [1.29, 1.82) is 0 Å². The summed E-state index contributed by atoms with van der Waals surface area (Å²) in [5.41, 5.74) is 3.15. The number of nitrogens with one attached hydrogen (secondary N) is 1. The SMILES string of the molecule is C=Cc1c(/C(=C\C)C(=O)NCc2cc(Cl)cc(Cl)c2)cnn1-c1ccc(F)cc1.CCC. The van der Waals surface area contributed by atoms with E-state index < -0.39 is 0 Å². The molecule has 1 N–H and O–H groups in total. The van der Waals surface area contributed by atoms with E-state index in [9.17, 15) is 9.18 Å². The molecule has 0 atom stereocenters. The minimum absolute atomic E-state index is 0.270. The molecule has 0 saturated heterocycles. The summed E-state index contributed by atoms with van der Waals surface area (Å²) in [6, 6.07) is 11.0. The van der Waals surface area contributed by atoms with Crippen LogP contribution in [-0.4, -0.2) is 15.7 Å². The fourth-order valence-electron chi connectivity index (χ4n) is 2.95. The molecule has 0 aliphatic rings. The monoisotopic (exact) mass is 473 g/mol. The molecule has 1 amide bonds. The second kappa shape index (κ2) is 12.2. The average Bonchev–Trinajstić information content (AvgIpc) is 3.17. The third-order valence-corrected chi connectivity index (χ3v) is 4.71. The molecular weight excluding hydrogens is 448 g/mol. The van der Waals surface area contributed by atoms with Crippen molar-refractivity contribution < 1.29 is 9.18 Å². The predicted molar refractivity (Wildman–Crippen MR) is 132 cm³/mol. The van der Waals surface area contributed by atoms with Crippen LogP contribution in [-0.2, 0) is 11.3 Å². The molecule has 7 heteroatoms. The standard InChI is InChI=1S/C22H18Cl2FN3O.C3H8/c1-3-19(22(29)26-12-14-9-15(23)11-16(24)10-14)20-13-27-28(21(20)4-2)18-7-5-17(25)6-8-18;1-3-2/h3-11,13H,2,12H2,1H3,(H,26,29);3H2,1-2H3/b19-3+;. The Labute approximate surface area is 198 Å². The van der Waals surface area contributed by atoms with Gasteiger partial charge in [0.05, 0.1) is 17.6 Å². The summed E-state index contributed by atoms with van der Waals surface area (Å²) in [5.74, 6) is -0.610. The maximum Gasteiger partial charge on any atom is 0.251 e. The number of halogens is 3. The van der Waals surface area contributed by atoms with Crippen LogP contribution in [0.5, 0.6) is 0 Å². The lowest BCUT2D eigenvalue weighted by Crippen LogP contribution is -2.24.